The molecule has 6 nitrogen and oxygen atoms in total. The van der Waals surface area contributed by atoms with E-state index >= 15 is 0 Å². The second kappa shape index (κ2) is 12.6. The lowest BCUT2D eigenvalue weighted by atomic mass is 10.0. The zero-order chi connectivity index (χ0) is 28.7. The molecule has 0 atom stereocenters. The lowest BCUT2D eigenvalue weighted by molar-refractivity contribution is -0.138. The third-order valence-corrected chi connectivity index (χ3v) is 6.17. The van der Waals surface area contributed by atoms with Gasteiger partial charge in [0, 0.05) is 17.1 Å². The van der Waals surface area contributed by atoms with Gasteiger partial charge < -0.3 is 19.9 Å². The number of ether oxygens (including phenoxy) is 2. The Labute approximate surface area is 232 Å². The monoisotopic (exact) mass is 569 g/mol. The minimum Gasteiger partial charge on any atom is -0.488 e. The molecule has 0 aliphatic carbocycles. The van der Waals surface area contributed by atoms with Gasteiger partial charge in [-0.25, -0.2) is 4.79 Å². The molecule has 0 unspecified atom stereocenters. The van der Waals surface area contributed by atoms with Gasteiger partial charge in [-0.2, -0.15) is 13.2 Å². The van der Waals surface area contributed by atoms with Gasteiger partial charge in [0.15, 0.2) is 0 Å². The first-order chi connectivity index (χ1) is 19.1. The number of amides is 1. The summed E-state index contributed by atoms with van der Waals surface area (Å²) in [5.41, 5.74) is 2.02. The zero-order valence-corrected chi connectivity index (χ0v) is 21.6. The quantitative estimate of drug-likeness (QED) is 0.160. The number of carbonyl (C=O) groups is 2. The molecule has 0 fully saturated rings. The van der Waals surface area contributed by atoms with Gasteiger partial charge in [0.25, 0.3) is 5.91 Å². The van der Waals surface area contributed by atoms with E-state index in [1.165, 1.54) is 36.4 Å². The van der Waals surface area contributed by atoms with E-state index < -0.39 is 23.8 Å². The van der Waals surface area contributed by atoms with Gasteiger partial charge in [0.1, 0.15) is 18.1 Å². The van der Waals surface area contributed by atoms with Crippen molar-refractivity contribution in [1.82, 2.24) is 5.32 Å². The van der Waals surface area contributed by atoms with E-state index in [0.29, 0.717) is 13.0 Å². The molecule has 0 spiro atoms. The second-order valence-corrected chi connectivity index (χ2v) is 9.12. The summed E-state index contributed by atoms with van der Waals surface area (Å²) >= 11 is 6.07. The van der Waals surface area contributed by atoms with E-state index in [9.17, 15) is 22.8 Å². The Kier molecular flexibility index (Phi) is 8.96. The number of carboxylic acid groups (broad SMARTS) is 1. The van der Waals surface area contributed by atoms with Crippen LogP contribution in [0.2, 0.25) is 5.02 Å². The van der Waals surface area contributed by atoms with Crippen molar-refractivity contribution in [3.63, 3.8) is 0 Å². The van der Waals surface area contributed by atoms with Crippen LogP contribution < -0.4 is 14.8 Å². The number of hydrogen-bond acceptors (Lipinski definition) is 4. The van der Waals surface area contributed by atoms with E-state index in [0.717, 1.165) is 22.8 Å². The highest BCUT2D eigenvalue weighted by Gasteiger charge is 2.33. The van der Waals surface area contributed by atoms with Crippen LogP contribution in [0.4, 0.5) is 18.0 Å². The summed E-state index contributed by atoms with van der Waals surface area (Å²) in [5, 5.41) is 11.8. The molecule has 0 aliphatic heterocycles. The average molecular weight is 570 g/mol. The summed E-state index contributed by atoms with van der Waals surface area (Å²) in [4.78, 5) is 23.5. The first-order valence-corrected chi connectivity index (χ1v) is 12.4. The zero-order valence-electron chi connectivity index (χ0n) is 20.9. The highest BCUT2D eigenvalue weighted by Crippen LogP contribution is 2.33. The third kappa shape index (κ3) is 7.54. The van der Waals surface area contributed by atoms with Crippen LogP contribution in [0.15, 0.2) is 91.0 Å². The maximum atomic E-state index is 13.3. The van der Waals surface area contributed by atoms with Gasteiger partial charge in [-0.3, -0.25) is 4.79 Å². The number of nitrogens with one attached hydrogen (secondary N) is 1. The standard InChI is InChI=1S/C30H23ClF3NO5/c31-23-11-14-27(39-18-22-3-1-2-4-26(22)30(32,33)34)25(17-23)28(36)35-16-15-19-5-7-20(8-6-19)21-9-12-24(13-10-21)40-29(37)38/h1-14,17H,15-16,18H2,(H,35,36)(H,37,38). The molecule has 10 heteroatoms. The predicted molar refractivity (Wildman–Crippen MR) is 144 cm³/mol. The smallest absolute Gasteiger partial charge is 0.488 e. The highest BCUT2D eigenvalue weighted by molar-refractivity contribution is 6.31. The van der Waals surface area contributed by atoms with Crippen LogP contribution in [0.3, 0.4) is 0 Å². The molecule has 4 aromatic rings. The van der Waals surface area contributed by atoms with E-state index in [1.54, 1.807) is 24.3 Å². The number of halogens is 4. The van der Waals surface area contributed by atoms with Crippen molar-refractivity contribution in [2.45, 2.75) is 19.2 Å². The summed E-state index contributed by atoms with van der Waals surface area (Å²) in [6.45, 7) is -0.0818. The molecule has 0 heterocycles. The predicted octanol–water partition coefficient (Wildman–Crippen LogP) is 7.63. The molecule has 0 bridgehead atoms. The molecular weight excluding hydrogens is 547 g/mol. The maximum Gasteiger partial charge on any atom is 0.511 e. The lowest BCUT2D eigenvalue weighted by Gasteiger charge is -2.15. The SMILES string of the molecule is O=C(O)Oc1ccc(-c2ccc(CCNC(=O)c3cc(Cl)ccc3OCc3ccccc3C(F)(F)F)cc2)cc1. The molecule has 4 rings (SSSR count). The molecule has 40 heavy (non-hydrogen) atoms. The van der Waals surface area contributed by atoms with Crippen molar-refractivity contribution in [2.24, 2.45) is 0 Å². The Morgan fingerprint density at radius 1 is 0.875 bits per heavy atom. The van der Waals surface area contributed by atoms with Crippen LogP contribution in [0.5, 0.6) is 11.5 Å². The third-order valence-electron chi connectivity index (χ3n) is 5.94. The van der Waals surface area contributed by atoms with Gasteiger partial charge in [-0.15, -0.1) is 0 Å². The maximum absolute atomic E-state index is 13.3. The lowest BCUT2D eigenvalue weighted by Crippen LogP contribution is -2.26. The van der Waals surface area contributed by atoms with E-state index in [1.807, 2.05) is 24.3 Å². The van der Waals surface area contributed by atoms with Gasteiger partial charge >= 0.3 is 12.3 Å². The number of hydrogen-bond donors (Lipinski definition) is 2. The minimum absolute atomic E-state index is 0.0516. The molecule has 1 amide bonds. The Bertz CT molecular complexity index is 1490. The van der Waals surface area contributed by atoms with Crippen LogP contribution in [0, 0.1) is 0 Å². The first-order valence-electron chi connectivity index (χ1n) is 12.1. The van der Waals surface area contributed by atoms with Crippen LogP contribution in [0.1, 0.15) is 27.0 Å². The number of carbonyl (C=O) groups excluding carboxylic acids is 1. The number of alkyl halides is 3. The molecule has 206 valence electrons. The largest absolute Gasteiger partial charge is 0.511 e. The minimum atomic E-state index is -4.53. The molecule has 0 saturated heterocycles. The molecular formula is C30H23ClF3NO5. The molecule has 0 saturated carbocycles. The Hall–Kier alpha value is -4.50. The van der Waals surface area contributed by atoms with Crippen molar-refractivity contribution in [2.75, 3.05) is 6.54 Å². The fraction of sp³-hybridized carbons (Fsp3) is 0.133. The topological polar surface area (TPSA) is 84.9 Å². The summed E-state index contributed by atoms with van der Waals surface area (Å²) in [7, 11) is 0. The van der Waals surface area contributed by atoms with Crippen molar-refractivity contribution < 1.29 is 37.3 Å². The van der Waals surface area contributed by atoms with Crippen LogP contribution in [-0.4, -0.2) is 23.7 Å². The van der Waals surface area contributed by atoms with Crippen molar-refractivity contribution in [3.05, 3.63) is 118 Å². The second-order valence-electron chi connectivity index (χ2n) is 8.68. The Morgan fingerprint density at radius 3 is 2.17 bits per heavy atom. The number of benzene rings is 4. The fourth-order valence-electron chi connectivity index (χ4n) is 3.98. The Morgan fingerprint density at radius 2 is 1.52 bits per heavy atom. The van der Waals surface area contributed by atoms with Crippen molar-refractivity contribution >= 4 is 23.7 Å². The summed E-state index contributed by atoms with van der Waals surface area (Å²) in [6.07, 6.45) is -5.39. The highest BCUT2D eigenvalue weighted by atomic mass is 35.5. The van der Waals surface area contributed by atoms with Gasteiger partial charge in [-0.05, 0) is 59.5 Å². The Balaban J connectivity index is 1.36. The molecule has 0 aliphatic rings. The van der Waals surface area contributed by atoms with Crippen molar-refractivity contribution in [1.29, 1.82) is 0 Å². The average Bonchev–Trinajstić information content (AvgIpc) is 2.92. The molecule has 4 aromatic carbocycles. The van der Waals surface area contributed by atoms with Crippen LogP contribution in [0.25, 0.3) is 11.1 Å². The molecule has 0 radical (unpaired) electrons. The van der Waals surface area contributed by atoms with E-state index in [4.69, 9.17) is 21.4 Å². The summed E-state index contributed by atoms with van der Waals surface area (Å²) in [5.74, 6) is -0.132. The van der Waals surface area contributed by atoms with Gasteiger partial charge in [-0.1, -0.05) is 66.2 Å². The van der Waals surface area contributed by atoms with Crippen molar-refractivity contribution in [3.8, 4) is 22.6 Å². The summed E-state index contributed by atoms with van der Waals surface area (Å²) in [6, 6.07) is 23.7. The van der Waals surface area contributed by atoms with E-state index in [2.05, 4.69) is 10.1 Å². The van der Waals surface area contributed by atoms with Gasteiger partial charge in [0.05, 0.1) is 11.1 Å². The summed E-state index contributed by atoms with van der Waals surface area (Å²) < 4.78 is 50.2. The van der Waals surface area contributed by atoms with E-state index in [-0.39, 0.29) is 34.3 Å². The normalized spacial score (nSPS) is 11.1. The fourth-order valence-corrected chi connectivity index (χ4v) is 4.15. The van der Waals surface area contributed by atoms with Crippen LogP contribution in [-0.2, 0) is 19.2 Å². The van der Waals surface area contributed by atoms with Gasteiger partial charge in [0.2, 0.25) is 0 Å². The molecule has 2 N–H and O–H groups in total. The first kappa shape index (κ1) is 28.5. The molecule has 0 aromatic heterocycles. The van der Waals surface area contributed by atoms with Crippen LogP contribution >= 0.6 is 11.6 Å². The number of rotatable bonds is 9.